The molecule has 2 heterocycles. The molecule has 0 unspecified atom stereocenters. The third-order valence-electron chi connectivity index (χ3n) is 2.47. The average Bonchev–Trinajstić information content (AvgIpc) is 2.46. The molecule has 0 spiro atoms. The van der Waals surface area contributed by atoms with Crippen LogP contribution in [0.15, 0.2) is 6.07 Å². The molecule has 0 radical (unpaired) electrons. The maximum absolute atomic E-state index is 2.40. The first kappa shape index (κ1) is 8.27. The summed E-state index contributed by atoms with van der Waals surface area (Å²) in [7, 11) is 2.20. The second-order valence-electron chi connectivity index (χ2n) is 3.50. The van der Waals surface area contributed by atoms with Gasteiger partial charge in [0.05, 0.1) is 0 Å². The Kier molecular flexibility index (Phi) is 2.20. The van der Waals surface area contributed by atoms with Gasteiger partial charge in [0.1, 0.15) is 0 Å². The number of nitrogens with zero attached hydrogens (tertiary/aromatic N) is 1. The van der Waals surface area contributed by atoms with Crippen LogP contribution in [-0.2, 0) is 19.4 Å². The van der Waals surface area contributed by atoms with Gasteiger partial charge in [0.2, 0.25) is 0 Å². The molecule has 1 nitrogen and oxygen atoms in total. The van der Waals surface area contributed by atoms with Crippen molar-refractivity contribution in [3.63, 3.8) is 0 Å². The Morgan fingerprint density at radius 1 is 1.58 bits per heavy atom. The third kappa shape index (κ3) is 1.41. The molecule has 0 bridgehead atoms. The fourth-order valence-corrected chi connectivity index (χ4v) is 2.92. The Balaban J connectivity index is 2.28. The van der Waals surface area contributed by atoms with Gasteiger partial charge in [0.15, 0.2) is 0 Å². The largest absolute Gasteiger partial charge is 0.301 e. The van der Waals surface area contributed by atoms with E-state index in [0.29, 0.717) is 0 Å². The molecule has 2 rings (SSSR count). The molecule has 1 aliphatic rings. The van der Waals surface area contributed by atoms with Gasteiger partial charge in [-0.3, -0.25) is 0 Å². The zero-order chi connectivity index (χ0) is 8.55. The molecule has 0 saturated carbocycles. The van der Waals surface area contributed by atoms with Crippen molar-refractivity contribution in [3.8, 4) is 0 Å². The van der Waals surface area contributed by atoms with Crippen molar-refractivity contribution >= 4 is 11.3 Å². The molecule has 0 aliphatic carbocycles. The van der Waals surface area contributed by atoms with Crippen LogP contribution in [0.5, 0.6) is 0 Å². The summed E-state index contributed by atoms with van der Waals surface area (Å²) in [5.41, 5.74) is 1.61. The van der Waals surface area contributed by atoms with Crippen LogP contribution < -0.4 is 0 Å². The van der Waals surface area contributed by atoms with Crippen LogP contribution in [0.3, 0.4) is 0 Å². The lowest BCUT2D eigenvalue weighted by molar-refractivity contribution is 0.317. The monoisotopic (exact) mass is 181 g/mol. The summed E-state index contributed by atoms with van der Waals surface area (Å²) in [5, 5.41) is 0. The maximum Gasteiger partial charge on any atom is 0.0327 e. The SMILES string of the molecule is CCc1cc2c(s1)CN(C)CC2. The quantitative estimate of drug-likeness (QED) is 0.642. The van der Waals surface area contributed by atoms with Crippen LogP contribution in [-0.4, -0.2) is 18.5 Å². The summed E-state index contributed by atoms with van der Waals surface area (Å²) < 4.78 is 0. The van der Waals surface area contributed by atoms with E-state index in [4.69, 9.17) is 0 Å². The zero-order valence-corrected chi connectivity index (χ0v) is 8.58. The van der Waals surface area contributed by atoms with Gasteiger partial charge in [-0.25, -0.2) is 0 Å². The van der Waals surface area contributed by atoms with E-state index in [-0.39, 0.29) is 0 Å². The van der Waals surface area contributed by atoms with E-state index in [1.165, 1.54) is 25.9 Å². The van der Waals surface area contributed by atoms with E-state index in [2.05, 4.69) is 24.9 Å². The minimum atomic E-state index is 1.17. The topological polar surface area (TPSA) is 3.24 Å². The van der Waals surface area contributed by atoms with Crippen molar-refractivity contribution in [3.05, 3.63) is 21.4 Å². The molecule has 2 heteroatoms. The molecule has 12 heavy (non-hydrogen) atoms. The van der Waals surface area contributed by atoms with Crippen molar-refractivity contribution in [1.82, 2.24) is 4.90 Å². The minimum Gasteiger partial charge on any atom is -0.301 e. The second kappa shape index (κ2) is 3.19. The number of hydrogen-bond donors (Lipinski definition) is 0. The van der Waals surface area contributed by atoms with Crippen LogP contribution in [0.25, 0.3) is 0 Å². The highest BCUT2D eigenvalue weighted by Crippen LogP contribution is 2.27. The lowest BCUT2D eigenvalue weighted by Gasteiger charge is -2.21. The molecule has 0 N–H and O–H groups in total. The van der Waals surface area contributed by atoms with E-state index in [1.807, 2.05) is 11.3 Å². The number of aryl methyl sites for hydroxylation is 1. The Labute approximate surface area is 78.0 Å². The molecule has 0 saturated heterocycles. The van der Waals surface area contributed by atoms with Crippen molar-refractivity contribution in [2.75, 3.05) is 13.6 Å². The summed E-state index contributed by atoms with van der Waals surface area (Å²) in [5.74, 6) is 0. The first-order valence-electron chi connectivity index (χ1n) is 4.58. The van der Waals surface area contributed by atoms with Gasteiger partial charge in [-0.1, -0.05) is 6.92 Å². The highest BCUT2D eigenvalue weighted by atomic mass is 32.1. The van der Waals surface area contributed by atoms with Crippen LogP contribution >= 0.6 is 11.3 Å². The normalized spacial score (nSPS) is 17.8. The Bertz CT molecular complexity index is 277. The fraction of sp³-hybridized carbons (Fsp3) is 0.600. The number of likely N-dealkylation sites (N-methyl/N-ethyl adjacent to an activating group) is 1. The molecule has 66 valence electrons. The first-order valence-corrected chi connectivity index (χ1v) is 5.40. The first-order chi connectivity index (χ1) is 5.79. The lowest BCUT2D eigenvalue weighted by Crippen LogP contribution is -2.24. The average molecular weight is 181 g/mol. The lowest BCUT2D eigenvalue weighted by atomic mass is 10.1. The van der Waals surface area contributed by atoms with Crippen LogP contribution in [0.2, 0.25) is 0 Å². The van der Waals surface area contributed by atoms with Crippen molar-refractivity contribution in [2.24, 2.45) is 0 Å². The second-order valence-corrected chi connectivity index (χ2v) is 4.72. The van der Waals surface area contributed by atoms with Gasteiger partial charge in [0, 0.05) is 22.8 Å². The third-order valence-corrected chi connectivity index (χ3v) is 3.78. The maximum atomic E-state index is 2.40. The number of fused-ring (bicyclic) bond motifs is 1. The van der Waals surface area contributed by atoms with Crippen molar-refractivity contribution in [1.29, 1.82) is 0 Å². The van der Waals surface area contributed by atoms with Crippen molar-refractivity contribution < 1.29 is 0 Å². The smallest absolute Gasteiger partial charge is 0.0327 e. The molecular weight excluding hydrogens is 166 g/mol. The fourth-order valence-electron chi connectivity index (χ4n) is 1.68. The van der Waals surface area contributed by atoms with Crippen LogP contribution in [0.4, 0.5) is 0 Å². The summed E-state index contributed by atoms with van der Waals surface area (Å²) in [6, 6.07) is 2.40. The highest BCUT2D eigenvalue weighted by molar-refractivity contribution is 7.12. The van der Waals surface area contributed by atoms with Gasteiger partial charge in [-0.05, 0) is 31.5 Å². The van der Waals surface area contributed by atoms with Crippen LogP contribution in [0.1, 0.15) is 22.2 Å². The van der Waals surface area contributed by atoms with E-state index >= 15 is 0 Å². The Morgan fingerprint density at radius 3 is 3.17 bits per heavy atom. The van der Waals surface area contributed by atoms with Gasteiger partial charge < -0.3 is 4.90 Å². The summed E-state index contributed by atoms with van der Waals surface area (Å²) in [6.45, 7) is 4.63. The molecule has 0 fully saturated rings. The van der Waals surface area contributed by atoms with Gasteiger partial charge in [-0.15, -0.1) is 11.3 Å². The predicted octanol–water partition coefficient (Wildman–Crippen LogP) is 2.30. The standard InChI is InChI=1S/C10H15NS/c1-3-9-6-8-4-5-11(2)7-10(8)12-9/h6H,3-5,7H2,1-2H3. The molecule has 1 aliphatic heterocycles. The highest BCUT2D eigenvalue weighted by Gasteiger charge is 2.15. The summed E-state index contributed by atoms with van der Waals surface area (Å²) in [4.78, 5) is 5.55. The van der Waals surface area contributed by atoms with Gasteiger partial charge in [-0.2, -0.15) is 0 Å². The minimum absolute atomic E-state index is 1.17. The molecule has 0 aromatic carbocycles. The van der Waals surface area contributed by atoms with Crippen molar-refractivity contribution in [2.45, 2.75) is 26.3 Å². The number of hydrogen-bond acceptors (Lipinski definition) is 2. The molecule has 0 atom stereocenters. The molecule has 1 aromatic rings. The Hall–Kier alpha value is -0.340. The zero-order valence-electron chi connectivity index (χ0n) is 7.76. The van der Waals surface area contributed by atoms with E-state index in [1.54, 1.807) is 15.3 Å². The van der Waals surface area contributed by atoms with Gasteiger partial charge in [0.25, 0.3) is 0 Å². The summed E-state index contributed by atoms with van der Waals surface area (Å²) in [6.07, 6.45) is 2.45. The van der Waals surface area contributed by atoms with Crippen LogP contribution in [0, 0.1) is 0 Å². The number of thiophene rings is 1. The number of rotatable bonds is 1. The molecule has 1 aromatic heterocycles. The predicted molar refractivity (Wildman–Crippen MR) is 53.7 cm³/mol. The van der Waals surface area contributed by atoms with E-state index in [0.717, 1.165) is 0 Å². The Morgan fingerprint density at radius 2 is 2.42 bits per heavy atom. The molecule has 0 amide bonds. The molecular formula is C10H15NS. The van der Waals surface area contributed by atoms with E-state index in [9.17, 15) is 0 Å². The van der Waals surface area contributed by atoms with E-state index < -0.39 is 0 Å². The van der Waals surface area contributed by atoms with Gasteiger partial charge >= 0.3 is 0 Å². The summed E-state index contributed by atoms with van der Waals surface area (Å²) >= 11 is 2.00.